The molecule has 0 aliphatic rings. The van der Waals surface area contributed by atoms with E-state index in [2.05, 4.69) is 21.5 Å². The van der Waals surface area contributed by atoms with Gasteiger partial charge in [0.2, 0.25) is 5.91 Å². The molecule has 35 heavy (non-hydrogen) atoms. The van der Waals surface area contributed by atoms with Gasteiger partial charge >= 0.3 is 0 Å². The Morgan fingerprint density at radius 1 is 0.857 bits per heavy atom. The van der Waals surface area contributed by atoms with Crippen LogP contribution in [0.25, 0.3) is 6.08 Å². The number of carbonyl (C=O) groups excluding carboxylic acids is 3. The summed E-state index contributed by atoms with van der Waals surface area (Å²) in [6.45, 7) is 1.86. The van der Waals surface area contributed by atoms with Crippen LogP contribution < -0.4 is 26.2 Å². The van der Waals surface area contributed by atoms with Gasteiger partial charge in [0.1, 0.15) is 5.75 Å². The average molecular weight is 489 g/mol. The van der Waals surface area contributed by atoms with Crippen molar-refractivity contribution in [3.05, 3.63) is 101 Å². The first-order chi connectivity index (χ1) is 16.9. The highest BCUT2D eigenvalue weighted by Crippen LogP contribution is 2.18. The molecule has 0 atom stereocenters. The average Bonchev–Trinajstić information content (AvgIpc) is 2.86. The number of rotatable bonds is 6. The van der Waals surface area contributed by atoms with Crippen molar-refractivity contribution in [2.24, 2.45) is 0 Å². The molecule has 4 N–H and O–H groups in total. The third-order valence-corrected chi connectivity index (χ3v) is 5.08. The lowest BCUT2D eigenvalue weighted by molar-refractivity contribution is -0.115. The molecule has 0 aliphatic carbocycles. The zero-order valence-electron chi connectivity index (χ0n) is 19.1. The van der Waals surface area contributed by atoms with Gasteiger partial charge in [0, 0.05) is 28.5 Å². The summed E-state index contributed by atoms with van der Waals surface area (Å²) in [7, 11) is 1.55. The van der Waals surface area contributed by atoms with Crippen LogP contribution in [0.15, 0.2) is 78.9 Å². The molecule has 0 unspecified atom stereocenters. The van der Waals surface area contributed by atoms with Crippen LogP contribution in [0.1, 0.15) is 31.8 Å². The lowest BCUT2D eigenvalue weighted by atomic mass is 10.1. The SMILES string of the molecule is COc1ccccc1C=CC(=O)NC(=S)NNC(=O)c1ccc(NC(=O)c2ccccc2C)cc1. The van der Waals surface area contributed by atoms with E-state index >= 15 is 0 Å². The lowest BCUT2D eigenvalue weighted by Crippen LogP contribution is -2.48. The third kappa shape index (κ3) is 7.24. The maximum atomic E-state index is 12.4. The standard InChI is InChI=1S/C26H24N4O4S/c1-17-7-3-5-9-21(17)25(33)27-20-14-11-19(12-15-20)24(32)29-30-26(35)28-23(31)16-13-18-8-4-6-10-22(18)34-2/h3-16H,1-2H3,(H,27,33)(H,29,32)(H2,28,30,31,35). The molecule has 3 rings (SSSR count). The molecular weight excluding hydrogens is 464 g/mol. The Hall–Kier alpha value is -4.50. The van der Waals surface area contributed by atoms with E-state index in [1.54, 1.807) is 61.7 Å². The van der Waals surface area contributed by atoms with E-state index in [4.69, 9.17) is 17.0 Å². The molecule has 0 radical (unpaired) electrons. The molecule has 0 aromatic heterocycles. The van der Waals surface area contributed by atoms with Crippen molar-refractivity contribution in [3.8, 4) is 5.75 Å². The topological polar surface area (TPSA) is 109 Å². The molecule has 3 aromatic rings. The zero-order valence-corrected chi connectivity index (χ0v) is 19.9. The van der Waals surface area contributed by atoms with Gasteiger partial charge in [0.25, 0.3) is 11.8 Å². The van der Waals surface area contributed by atoms with Crippen LogP contribution in [-0.4, -0.2) is 29.9 Å². The quantitative estimate of drug-likeness (QED) is 0.240. The number of para-hydroxylation sites is 1. The molecular formula is C26H24N4O4S. The fraction of sp³-hybridized carbons (Fsp3) is 0.0769. The maximum absolute atomic E-state index is 12.4. The van der Waals surface area contributed by atoms with Gasteiger partial charge in [-0.1, -0.05) is 36.4 Å². The number of anilines is 1. The zero-order chi connectivity index (χ0) is 25.2. The van der Waals surface area contributed by atoms with Gasteiger partial charge in [-0.25, -0.2) is 0 Å². The Kier molecular flexibility index (Phi) is 8.69. The summed E-state index contributed by atoms with van der Waals surface area (Å²) in [6, 6.07) is 20.9. The number of hydrogen-bond donors (Lipinski definition) is 4. The summed E-state index contributed by atoms with van der Waals surface area (Å²) < 4.78 is 5.23. The van der Waals surface area contributed by atoms with Crippen LogP contribution in [0, 0.1) is 6.92 Å². The van der Waals surface area contributed by atoms with Crippen LogP contribution in [0.2, 0.25) is 0 Å². The normalized spacial score (nSPS) is 10.3. The minimum atomic E-state index is -0.476. The number of ether oxygens (including phenoxy) is 1. The largest absolute Gasteiger partial charge is 0.496 e. The minimum absolute atomic E-state index is 0.0739. The number of methoxy groups -OCH3 is 1. The van der Waals surface area contributed by atoms with E-state index in [1.807, 2.05) is 31.2 Å². The van der Waals surface area contributed by atoms with Crippen molar-refractivity contribution in [2.75, 3.05) is 12.4 Å². The molecule has 0 aliphatic heterocycles. The summed E-state index contributed by atoms with van der Waals surface area (Å²) in [4.78, 5) is 36.8. The van der Waals surface area contributed by atoms with Gasteiger partial charge in [0.05, 0.1) is 7.11 Å². The summed E-state index contributed by atoms with van der Waals surface area (Å²) in [5.41, 5.74) is 7.94. The molecule has 0 fully saturated rings. The number of aryl methyl sites for hydroxylation is 1. The van der Waals surface area contributed by atoms with Gasteiger partial charge in [0.15, 0.2) is 5.11 Å². The highest BCUT2D eigenvalue weighted by molar-refractivity contribution is 7.80. The van der Waals surface area contributed by atoms with E-state index in [0.717, 1.165) is 11.1 Å². The van der Waals surface area contributed by atoms with Gasteiger partial charge in [-0.15, -0.1) is 0 Å². The highest BCUT2D eigenvalue weighted by atomic mass is 32.1. The number of thiocarbonyl (C=S) groups is 1. The van der Waals surface area contributed by atoms with E-state index < -0.39 is 11.8 Å². The Balaban J connectivity index is 1.47. The number of nitrogens with one attached hydrogen (secondary N) is 4. The van der Waals surface area contributed by atoms with E-state index in [1.165, 1.54) is 6.08 Å². The molecule has 3 amide bonds. The van der Waals surface area contributed by atoms with Crippen molar-refractivity contribution in [1.82, 2.24) is 16.2 Å². The maximum Gasteiger partial charge on any atom is 0.269 e. The molecule has 0 saturated carbocycles. The fourth-order valence-corrected chi connectivity index (χ4v) is 3.22. The molecule has 0 saturated heterocycles. The van der Waals surface area contributed by atoms with Crippen LogP contribution in [-0.2, 0) is 4.79 Å². The molecule has 3 aromatic carbocycles. The Morgan fingerprint density at radius 2 is 1.54 bits per heavy atom. The predicted octanol–water partition coefficient (Wildman–Crippen LogP) is 3.60. The van der Waals surface area contributed by atoms with Gasteiger partial charge < -0.3 is 10.1 Å². The number of amides is 3. The summed E-state index contributed by atoms with van der Waals surface area (Å²) in [5, 5.41) is 5.16. The second kappa shape index (κ2) is 12.1. The first-order valence-corrected chi connectivity index (χ1v) is 11.0. The fourth-order valence-electron chi connectivity index (χ4n) is 3.07. The number of hydrogen-bond acceptors (Lipinski definition) is 5. The Morgan fingerprint density at radius 3 is 2.26 bits per heavy atom. The molecule has 9 heteroatoms. The summed E-state index contributed by atoms with van der Waals surface area (Å²) in [5.74, 6) is -0.549. The van der Waals surface area contributed by atoms with Crippen molar-refractivity contribution in [1.29, 1.82) is 0 Å². The monoisotopic (exact) mass is 488 g/mol. The summed E-state index contributed by atoms with van der Waals surface area (Å²) in [6.07, 6.45) is 2.90. The first kappa shape index (κ1) is 25.1. The van der Waals surface area contributed by atoms with Crippen molar-refractivity contribution < 1.29 is 19.1 Å². The van der Waals surface area contributed by atoms with Gasteiger partial charge in [-0.05, 0) is 67.2 Å². The van der Waals surface area contributed by atoms with Crippen molar-refractivity contribution in [2.45, 2.75) is 6.92 Å². The van der Waals surface area contributed by atoms with E-state index in [9.17, 15) is 14.4 Å². The third-order valence-electron chi connectivity index (χ3n) is 4.87. The van der Waals surface area contributed by atoms with Crippen LogP contribution in [0.4, 0.5) is 5.69 Å². The Labute approximate surface area is 208 Å². The van der Waals surface area contributed by atoms with Crippen LogP contribution >= 0.6 is 12.2 Å². The number of hydrazine groups is 1. The van der Waals surface area contributed by atoms with Crippen LogP contribution in [0.5, 0.6) is 5.75 Å². The van der Waals surface area contributed by atoms with Crippen molar-refractivity contribution >= 4 is 46.8 Å². The Bertz CT molecular complexity index is 1270. The number of benzene rings is 3. The van der Waals surface area contributed by atoms with E-state index in [-0.39, 0.29) is 11.0 Å². The lowest BCUT2D eigenvalue weighted by Gasteiger charge is -2.11. The second-order valence-corrected chi connectivity index (χ2v) is 7.73. The molecule has 178 valence electrons. The minimum Gasteiger partial charge on any atom is -0.496 e. The highest BCUT2D eigenvalue weighted by Gasteiger charge is 2.10. The summed E-state index contributed by atoms with van der Waals surface area (Å²) >= 11 is 5.04. The van der Waals surface area contributed by atoms with Gasteiger partial charge in [-0.3, -0.25) is 30.6 Å². The van der Waals surface area contributed by atoms with Crippen molar-refractivity contribution in [3.63, 3.8) is 0 Å². The first-order valence-electron chi connectivity index (χ1n) is 10.6. The predicted molar refractivity (Wildman–Crippen MR) is 139 cm³/mol. The van der Waals surface area contributed by atoms with Gasteiger partial charge in [-0.2, -0.15) is 0 Å². The van der Waals surface area contributed by atoms with Crippen LogP contribution in [0.3, 0.4) is 0 Å². The smallest absolute Gasteiger partial charge is 0.269 e. The number of carbonyl (C=O) groups is 3. The second-order valence-electron chi connectivity index (χ2n) is 7.32. The molecule has 8 nitrogen and oxygen atoms in total. The molecule has 0 bridgehead atoms. The van der Waals surface area contributed by atoms with E-state index in [0.29, 0.717) is 22.6 Å². The molecule has 0 heterocycles. The molecule has 0 spiro atoms.